The first-order valence-corrected chi connectivity index (χ1v) is 9.74. The van der Waals surface area contributed by atoms with Crippen LogP contribution in [0, 0.1) is 0 Å². The lowest BCUT2D eigenvalue weighted by Gasteiger charge is -2.35. The molecule has 6 heteroatoms. The van der Waals surface area contributed by atoms with Gasteiger partial charge in [-0.25, -0.2) is 4.98 Å². The summed E-state index contributed by atoms with van der Waals surface area (Å²) in [6.07, 6.45) is 2.19. The number of fused-ring (bicyclic) bond motifs is 1. The fourth-order valence-electron chi connectivity index (χ4n) is 3.80. The van der Waals surface area contributed by atoms with Crippen molar-refractivity contribution in [2.75, 3.05) is 13.1 Å². The zero-order valence-corrected chi connectivity index (χ0v) is 16.3. The number of aromatic amines is 1. The number of nitrogens with one attached hydrogen (secondary N) is 2. The molecule has 1 saturated heterocycles. The van der Waals surface area contributed by atoms with E-state index in [1.54, 1.807) is 12.4 Å². The van der Waals surface area contributed by atoms with E-state index in [1.165, 1.54) is 5.56 Å². The van der Waals surface area contributed by atoms with Crippen molar-refractivity contribution in [3.8, 4) is 0 Å². The Balaban J connectivity index is 1.32. The van der Waals surface area contributed by atoms with E-state index in [4.69, 9.17) is 4.74 Å². The Morgan fingerprint density at radius 3 is 2.61 bits per heavy atom. The van der Waals surface area contributed by atoms with Gasteiger partial charge in [-0.2, -0.15) is 0 Å². The minimum atomic E-state index is -0.0862. The summed E-state index contributed by atoms with van der Waals surface area (Å²) in [6, 6.07) is 13.9. The average Bonchev–Trinajstić information content (AvgIpc) is 3.14. The van der Waals surface area contributed by atoms with Crippen LogP contribution in [-0.4, -0.2) is 46.1 Å². The minimum absolute atomic E-state index is 0.0862. The Morgan fingerprint density at radius 1 is 1.14 bits per heavy atom. The first kappa shape index (κ1) is 18.7. The van der Waals surface area contributed by atoms with Crippen molar-refractivity contribution < 1.29 is 9.53 Å². The number of carbonyl (C=O) groups is 1. The van der Waals surface area contributed by atoms with E-state index in [1.807, 2.05) is 12.1 Å². The minimum Gasteiger partial charge on any atom is -0.373 e. The molecule has 1 fully saturated rings. The number of imidazole rings is 1. The number of ether oxygens (including phenoxy) is 1. The molecule has 0 radical (unpaired) electrons. The van der Waals surface area contributed by atoms with E-state index in [2.05, 4.69) is 58.3 Å². The lowest BCUT2D eigenvalue weighted by molar-refractivity contribution is -0.0704. The third kappa shape index (κ3) is 4.40. The second kappa shape index (κ2) is 8.12. The maximum Gasteiger partial charge on any atom is 0.251 e. The molecule has 2 heterocycles. The summed E-state index contributed by atoms with van der Waals surface area (Å²) >= 11 is 0. The first-order chi connectivity index (χ1) is 13.6. The lowest BCUT2D eigenvalue weighted by atomic mass is 10.1. The molecule has 2 atom stereocenters. The van der Waals surface area contributed by atoms with Crippen LogP contribution in [0.2, 0.25) is 0 Å². The molecule has 3 aromatic rings. The summed E-state index contributed by atoms with van der Waals surface area (Å²) in [4.78, 5) is 22.0. The largest absolute Gasteiger partial charge is 0.373 e. The molecule has 0 unspecified atom stereocenters. The maximum absolute atomic E-state index is 12.4. The second-order valence-electron chi connectivity index (χ2n) is 7.59. The van der Waals surface area contributed by atoms with Gasteiger partial charge in [0.25, 0.3) is 5.91 Å². The summed E-state index contributed by atoms with van der Waals surface area (Å²) in [5.74, 6) is -0.0862. The molecule has 0 saturated carbocycles. The van der Waals surface area contributed by atoms with E-state index in [9.17, 15) is 4.79 Å². The topological polar surface area (TPSA) is 70.2 Å². The molecule has 6 nitrogen and oxygen atoms in total. The molecular weight excluding hydrogens is 352 g/mol. The summed E-state index contributed by atoms with van der Waals surface area (Å²) in [5.41, 5.74) is 4.72. The highest BCUT2D eigenvalue weighted by Crippen LogP contribution is 2.15. The number of amides is 1. The highest BCUT2D eigenvalue weighted by Gasteiger charge is 2.21. The van der Waals surface area contributed by atoms with E-state index < -0.39 is 0 Å². The number of hydrogen-bond acceptors (Lipinski definition) is 4. The molecule has 1 aromatic heterocycles. The van der Waals surface area contributed by atoms with Crippen molar-refractivity contribution in [1.82, 2.24) is 20.2 Å². The monoisotopic (exact) mass is 378 g/mol. The molecule has 1 aliphatic rings. The number of aromatic nitrogens is 2. The van der Waals surface area contributed by atoms with Crippen molar-refractivity contribution >= 4 is 16.9 Å². The Bertz CT molecular complexity index is 941. The van der Waals surface area contributed by atoms with E-state index in [-0.39, 0.29) is 18.1 Å². The molecule has 2 aromatic carbocycles. The van der Waals surface area contributed by atoms with Gasteiger partial charge < -0.3 is 15.0 Å². The molecule has 146 valence electrons. The molecule has 0 aliphatic carbocycles. The van der Waals surface area contributed by atoms with Crippen LogP contribution >= 0.6 is 0 Å². The van der Waals surface area contributed by atoms with Crippen LogP contribution in [0.15, 0.2) is 48.8 Å². The number of nitrogens with zero attached hydrogens (tertiary/aromatic N) is 2. The van der Waals surface area contributed by atoms with E-state index in [0.29, 0.717) is 12.1 Å². The van der Waals surface area contributed by atoms with E-state index in [0.717, 1.165) is 36.2 Å². The van der Waals surface area contributed by atoms with Crippen LogP contribution in [0.25, 0.3) is 11.0 Å². The molecule has 0 bridgehead atoms. The van der Waals surface area contributed by atoms with Crippen LogP contribution in [0.3, 0.4) is 0 Å². The van der Waals surface area contributed by atoms with Crippen LogP contribution in [0.1, 0.15) is 35.3 Å². The van der Waals surface area contributed by atoms with E-state index >= 15 is 0 Å². The fraction of sp³-hybridized carbons (Fsp3) is 0.364. The van der Waals surface area contributed by atoms with Gasteiger partial charge in [0.15, 0.2) is 0 Å². The highest BCUT2D eigenvalue weighted by atomic mass is 16.5. The number of H-pyrrole nitrogens is 1. The smallest absolute Gasteiger partial charge is 0.251 e. The Labute approximate surface area is 164 Å². The molecule has 1 amide bonds. The Hall–Kier alpha value is -2.70. The van der Waals surface area contributed by atoms with Gasteiger partial charge in [0.05, 0.1) is 29.6 Å². The van der Waals surface area contributed by atoms with Gasteiger partial charge in [-0.3, -0.25) is 9.69 Å². The van der Waals surface area contributed by atoms with Crippen molar-refractivity contribution in [2.45, 2.75) is 39.1 Å². The van der Waals surface area contributed by atoms with Gasteiger partial charge in [-0.15, -0.1) is 0 Å². The maximum atomic E-state index is 12.4. The van der Waals surface area contributed by atoms with Crippen molar-refractivity contribution in [2.24, 2.45) is 0 Å². The summed E-state index contributed by atoms with van der Waals surface area (Å²) in [6.45, 7) is 7.60. The first-order valence-electron chi connectivity index (χ1n) is 9.74. The zero-order valence-electron chi connectivity index (χ0n) is 16.3. The van der Waals surface area contributed by atoms with Gasteiger partial charge >= 0.3 is 0 Å². The predicted octanol–water partition coefficient (Wildman–Crippen LogP) is 3.10. The molecule has 4 rings (SSSR count). The number of hydrogen-bond donors (Lipinski definition) is 2. The normalized spacial score (nSPS) is 20.4. The van der Waals surface area contributed by atoms with Gasteiger partial charge in [0.1, 0.15) is 0 Å². The number of carbonyl (C=O) groups excluding carboxylic acids is 1. The lowest BCUT2D eigenvalue weighted by Crippen LogP contribution is -2.44. The quantitative estimate of drug-likeness (QED) is 0.716. The van der Waals surface area contributed by atoms with Gasteiger partial charge in [-0.1, -0.05) is 24.3 Å². The van der Waals surface area contributed by atoms with Crippen molar-refractivity contribution in [3.05, 3.63) is 65.5 Å². The summed E-state index contributed by atoms with van der Waals surface area (Å²) in [5, 5.41) is 2.98. The Morgan fingerprint density at radius 2 is 1.86 bits per heavy atom. The standard InChI is InChI=1S/C22H26N4O2/c1-15-11-26(12-16(2)28-15)13-18-5-3-17(4-6-18)10-23-22(27)19-7-8-20-21(9-19)25-14-24-20/h3-9,14-16H,10-13H2,1-2H3,(H,23,27)(H,24,25)/t15-,16-/m0/s1. The molecule has 28 heavy (non-hydrogen) atoms. The average molecular weight is 378 g/mol. The third-order valence-electron chi connectivity index (χ3n) is 5.06. The second-order valence-corrected chi connectivity index (χ2v) is 7.59. The predicted molar refractivity (Wildman–Crippen MR) is 109 cm³/mol. The number of rotatable bonds is 5. The van der Waals surface area contributed by atoms with Crippen LogP contribution in [0.4, 0.5) is 0 Å². The third-order valence-corrected chi connectivity index (χ3v) is 5.06. The molecule has 0 spiro atoms. The zero-order chi connectivity index (χ0) is 19.5. The SMILES string of the molecule is C[C@H]1CN(Cc2ccc(CNC(=O)c3ccc4nc[nH]c4c3)cc2)C[C@H](C)O1. The Kier molecular flexibility index (Phi) is 5.41. The molecular formula is C22H26N4O2. The fourth-order valence-corrected chi connectivity index (χ4v) is 3.80. The summed E-state index contributed by atoms with van der Waals surface area (Å²) in [7, 11) is 0. The van der Waals surface area contributed by atoms with Gasteiger partial charge in [-0.05, 0) is 43.2 Å². The van der Waals surface area contributed by atoms with Crippen LogP contribution in [0.5, 0.6) is 0 Å². The van der Waals surface area contributed by atoms with Crippen molar-refractivity contribution in [1.29, 1.82) is 0 Å². The van der Waals surface area contributed by atoms with Crippen LogP contribution < -0.4 is 5.32 Å². The molecule has 2 N–H and O–H groups in total. The van der Waals surface area contributed by atoms with Crippen molar-refractivity contribution in [3.63, 3.8) is 0 Å². The van der Waals surface area contributed by atoms with Gasteiger partial charge in [0.2, 0.25) is 0 Å². The van der Waals surface area contributed by atoms with Crippen LogP contribution in [-0.2, 0) is 17.8 Å². The highest BCUT2D eigenvalue weighted by molar-refractivity contribution is 5.97. The van der Waals surface area contributed by atoms with Gasteiger partial charge in [0, 0.05) is 31.7 Å². The summed E-state index contributed by atoms with van der Waals surface area (Å²) < 4.78 is 5.80. The number of morpholine rings is 1. The number of benzene rings is 2. The molecule has 1 aliphatic heterocycles.